The fourth-order valence-corrected chi connectivity index (χ4v) is 5.02. The predicted octanol–water partition coefficient (Wildman–Crippen LogP) is 4.60. The van der Waals surface area contributed by atoms with Gasteiger partial charge in [-0.1, -0.05) is 64.0 Å². The number of hydrogen-bond acceptors (Lipinski definition) is 4. The molecule has 0 aliphatic carbocycles. The van der Waals surface area contributed by atoms with Crippen molar-refractivity contribution in [3.05, 3.63) is 65.7 Å². The summed E-state index contributed by atoms with van der Waals surface area (Å²) >= 11 is 3.70. The van der Waals surface area contributed by atoms with Crippen molar-refractivity contribution in [2.75, 3.05) is 12.4 Å². The molecule has 1 fully saturated rings. The first-order valence-electron chi connectivity index (χ1n) is 9.40. The molecule has 1 aliphatic heterocycles. The van der Waals surface area contributed by atoms with Gasteiger partial charge in [-0.05, 0) is 38.5 Å². The lowest BCUT2D eigenvalue weighted by atomic mass is 10.2. The maximum absolute atomic E-state index is 12.8. The summed E-state index contributed by atoms with van der Waals surface area (Å²) in [4.78, 5) is 0.752. The van der Waals surface area contributed by atoms with Gasteiger partial charge in [0.15, 0.2) is 5.79 Å². The summed E-state index contributed by atoms with van der Waals surface area (Å²) in [6.45, 7) is 6.81. The first-order valence-corrected chi connectivity index (χ1v) is 11.6. The number of ether oxygens (including phenoxy) is 3. The summed E-state index contributed by atoms with van der Waals surface area (Å²) in [7, 11) is -1.15. The van der Waals surface area contributed by atoms with Crippen LogP contribution in [0, 0.1) is 6.92 Å². The highest BCUT2D eigenvalue weighted by atomic mass is 79.9. The van der Waals surface area contributed by atoms with Crippen molar-refractivity contribution in [1.82, 2.24) is 0 Å². The average Bonchev–Trinajstić information content (AvgIpc) is 2.97. The SMILES string of the molecule is Cc1ccc(S(=O)C[C@@H]2OC(C)(C)O[C@H]2[C@@H](Br)COCc2ccccc2)cc1. The Hall–Kier alpha value is -1.05. The molecule has 0 bridgehead atoms. The molecule has 0 amide bonds. The molecule has 3 rings (SSSR count). The Bertz CT molecular complexity index is 779. The number of halogens is 1. The van der Waals surface area contributed by atoms with Crippen LogP contribution in [0.25, 0.3) is 0 Å². The van der Waals surface area contributed by atoms with Gasteiger partial charge in [0.2, 0.25) is 0 Å². The number of hydrogen-bond donors (Lipinski definition) is 0. The van der Waals surface area contributed by atoms with Crippen LogP contribution in [0.4, 0.5) is 0 Å². The molecule has 0 radical (unpaired) electrons. The molecule has 1 unspecified atom stereocenters. The highest BCUT2D eigenvalue weighted by Gasteiger charge is 2.45. The molecular formula is C22H27BrO4S. The minimum Gasteiger partial charge on any atom is -0.376 e. The second kappa shape index (κ2) is 9.63. The topological polar surface area (TPSA) is 44.8 Å². The van der Waals surface area contributed by atoms with Crippen LogP contribution < -0.4 is 0 Å². The summed E-state index contributed by atoms with van der Waals surface area (Å²) < 4.78 is 30.8. The molecule has 2 aromatic rings. The van der Waals surface area contributed by atoms with Crippen molar-refractivity contribution >= 4 is 26.7 Å². The molecule has 152 valence electrons. The zero-order chi connectivity index (χ0) is 20.1. The molecule has 28 heavy (non-hydrogen) atoms. The number of benzene rings is 2. The standard InChI is InChI=1S/C22H27BrO4S/c1-16-9-11-18(12-10-16)28(24)15-20-21(27-22(2,3)26-20)19(23)14-25-13-17-7-5-4-6-8-17/h4-12,19-21H,13-15H2,1-3H3/t19-,20-,21-,28?/m0/s1. The second-order valence-electron chi connectivity index (χ2n) is 7.48. The Labute approximate surface area is 178 Å². The molecule has 2 aromatic carbocycles. The van der Waals surface area contributed by atoms with Crippen LogP contribution in [-0.2, 0) is 31.6 Å². The third kappa shape index (κ3) is 5.97. The van der Waals surface area contributed by atoms with E-state index in [1.54, 1.807) is 0 Å². The highest BCUT2D eigenvalue weighted by molar-refractivity contribution is 9.09. The van der Waals surface area contributed by atoms with E-state index in [4.69, 9.17) is 14.2 Å². The normalized spacial score (nSPS) is 23.4. The van der Waals surface area contributed by atoms with Crippen LogP contribution in [0.3, 0.4) is 0 Å². The Morgan fingerprint density at radius 1 is 1.11 bits per heavy atom. The van der Waals surface area contributed by atoms with E-state index in [9.17, 15) is 4.21 Å². The fraction of sp³-hybridized carbons (Fsp3) is 0.455. The Morgan fingerprint density at radius 3 is 2.46 bits per heavy atom. The highest BCUT2D eigenvalue weighted by Crippen LogP contribution is 2.33. The molecule has 6 heteroatoms. The van der Waals surface area contributed by atoms with E-state index < -0.39 is 16.6 Å². The number of alkyl halides is 1. The van der Waals surface area contributed by atoms with Crippen molar-refractivity contribution in [3.8, 4) is 0 Å². The van der Waals surface area contributed by atoms with E-state index in [1.807, 2.05) is 75.4 Å². The average molecular weight is 467 g/mol. The number of aryl methyl sites for hydroxylation is 1. The first kappa shape index (κ1) is 21.7. The maximum atomic E-state index is 12.8. The van der Waals surface area contributed by atoms with Gasteiger partial charge in [0.1, 0.15) is 12.2 Å². The van der Waals surface area contributed by atoms with E-state index in [1.165, 1.54) is 0 Å². The molecule has 4 nitrogen and oxygen atoms in total. The Kier molecular flexibility index (Phi) is 7.45. The lowest BCUT2D eigenvalue weighted by molar-refractivity contribution is -0.145. The lowest BCUT2D eigenvalue weighted by Crippen LogP contribution is -2.37. The molecule has 1 saturated heterocycles. The van der Waals surface area contributed by atoms with Gasteiger partial charge < -0.3 is 14.2 Å². The van der Waals surface area contributed by atoms with Crippen LogP contribution in [0.2, 0.25) is 0 Å². The summed E-state index contributed by atoms with van der Waals surface area (Å²) in [5, 5.41) is 0. The van der Waals surface area contributed by atoms with E-state index in [-0.39, 0.29) is 17.0 Å². The smallest absolute Gasteiger partial charge is 0.163 e. The Balaban J connectivity index is 1.59. The maximum Gasteiger partial charge on any atom is 0.163 e. The van der Waals surface area contributed by atoms with Gasteiger partial charge in [-0.2, -0.15) is 0 Å². The summed E-state index contributed by atoms with van der Waals surface area (Å²) in [6, 6.07) is 17.8. The van der Waals surface area contributed by atoms with Crippen LogP contribution in [0.5, 0.6) is 0 Å². The van der Waals surface area contributed by atoms with Crippen LogP contribution in [-0.4, -0.2) is 39.4 Å². The quantitative estimate of drug-likeness (QED) is 0.533. The minimum absolute atomic E-state index is 0.0574. The second-order valence-corrected chi connectivity index (χ2v) is 10.2. The molecule has 0 spiro atoms. The van der Waals surface area contributed by atoms with E-state index in [2.05, 4.69) is 15.9 Å². The number of rotatable bonds is 8. The summed E-state index contributed by atoms with van der Waals surface area (Å²) in [5.41, 5.74) is 2.28. The van der Waals surface area contributed by atoms with E-state index in [0.29, 0.717) is 19.0 Å². The van der Waals surface area contributed by atoms with Gasteiger partial charge in [-0.3, -0.25) is 4.21 Å². The molecule has 0 saturated carbocycles. The van der Waals surface area contributed by atoms with Crippen molar-refractivity contribution in [1.29, 1.82) is 0 Å². The molecule has 1 heterocycles. The third-order valence-corrected chi connectivity index (χ3v) is 6.78. The summed E-state index contributed by atoms with van der Waals surface area (Å²) in [5.74, 6) is -0.323. The van der Waals surface area contributed by atoms with Gasteiger partial charge in [-0.15, -0.1) is 0 Å². The molecular weight excluding hydrogens is 440 g/mol. The summed E-state index contributed by atoms with van der Waals surface area (Å²) in [6.07, 6.45) is -0.512. The van der Waals surface area contributed by atoms with Crippen molar-refractivity contribution in [2.45, 2.75) is 55.1 Å². The van der Waals surface area contributed by atoms with E-state index >= 15 is 0 Å². The molecule has 1 aliphatic rings. The molecule has 4 atom stereocenters. The largest absolute Gasteiger partial charge is 0.376 e. The third-order valence-electron chi connectivity index (χ3n) is 4.57. The monoisotopic (exact) mass is 466 g/mol. The van der Waals surface area contributed by atoms with Crippen LogP contribution >= 0.6 is 15.9 Å². The Morgan fingerprint density at radius 2 is 1.79 bits per heavy atom. The van der Waals surface area contributed by atoms with Gasteiger partial charge in [-0.25, -0.2) is 0 Å². The van der Waals surface area contributed by atoms with Crippen molar-refractivity contribution < 1.29 is 18.4 Å². The zero-order valence-corrected chi connectivity index (χ0v) is 18.9. The van der Waals surface area contributed by atoms with Gasteiger partial charge in [0.25, 0.3) is 0 Å². The van der Waals surface area contributed by atoms with Crippen LogP contribution in [0.15, 0.2) is 59.5 Å². The van der Waals surface area contributed by atoms with Gasteiger partial charge in [0.05, 0.1) is 34.6 Å². The minimum atomic E-state index is -1.15. The first-order chi connectivity index (χ1) is 13.3. The van der Waals surface area contributed by atoms with Crippen LogP contribution in [0.1, 0.15) is 25.0 Å². The molecule has 0 aromatic heterocycles. The van der Waals surface area contributed by atoms with E-state index in [0.717, 1.165) is 16.0 Å². The fourth-order valence-electron chi connectivity index (χ4n) is 3.19. The molecule has 0 N–H and O–H groups in total. The zero-order valence-electron chi connectivity index (χ0n) is 16.5. The predicted molar refractivity (Wildman–Crippen MR) is 115 cm³/mol. The van der Waals surface area contributed by atoms with Gasteiger partial charge >= 0.3 is 0 Å². The van der Waals surface area contributed by atoms with Crippen molar-refractivity contribution in [2.24, 2.45) is 0 Å². The lowest BCUT2D eigenvalue weighted by Gasteiger charge is -2.22. The van der Waals surface area contributed by atoms with Crippen molar-refractivity contribution in [3.63, 3.8) is 0 Å². The van der Waals surface area contributed by atoms with Gasteiger partial charge in [0, 0.05) is 4.90 Å².